The summed E-state index contributed by atoms with van der Waals surface area (Å²) >= 11 is 0. The Morgan fingerprint density at radius 3 is 3.11 bits per heavy atom. The second kappa shape index (κ2) is 5.01. The van der Waals surface area contributed by atoms with Gasteiger partial charge in [-0.05, 0) is 31.4 Å². The van der Waals surface area contributed by atoms with Gasteiger partial charge in [0.1, 0.15) is 0 Å². The Morgan fingerprint density at radius 2 is 2.21 bits per heavy atom. The number of carbonyl (C=O) groups excluding carboxylic acids is 1. The predicted molar refractivity (Wildman–Crippen MR) is 72.9 cm³/mol. The fourth-order valence-corrected chi connectivity index (χ4v) is 2.59. The number of nitrogens with zero attached hydrogens (tertiary/aromatic N) is 3. The molecule has 2 aromatic rings. The molecule has 0 aliphatic carbocycles. The van der Waals surface area contributed by atoms with E-state index in [0.717, 1.165) is 37.9 Å². The topological polar surface area (TPSA) is 63.6 Å². The highest BCUT2D eigenvalue weighted by Crippen LogP contribution is 2.16. The molecule has 19 heavy (non-hydrogen) atoms. The van der Waals surface area contributed by atoms with E-state index >= 15 is 0 Å². The van der Waals surface area contributed by atoms with E-state index in [1.807, 2.05) is 29.3 Å². The Hall–Kier alpha value is -1.88. The van der Waals surface area contributed by atoms with Gasteiger partial charge in [0, 0.05) is 25.3 Å². The third-order valence-electron chi connectivity index (χ3n) is 3.72. The smallest absolute Gasteiger partial charge is 0.257 e. The Kier molecular flexibility index (Phi) is 3.21. The largest absolute Gasteiger partial charge is 0.338 e. The standard InChI is InChI=1S/C14H18N4O/c15-11-4-3-7-17(9-6-11)14(19)12-10-16-18-8-2-1-5-13(12)18/h1-2,5,8,10-11H,3-4,6-7,9,15H2/t11-/m0/s1. The monoisotopic (exact) mass is 258 g/mol. The first-order valence-corrected chi connectivity index (χ1v) is 6.73. The van der Waals surface area contributed by atoms with E-state index in [-0.39, 0.29) is 11.9 Å². The molecular formula is C14H18N4O. The van der Waals surface area contributed by atoms with E-state index in [4.69, 9.17) is 5.73 Å². The van der Waals surface area contributed by atoms with Crippen molar-refractivity contribution in [3.8, 4) is 0 Å². The molecule has 1 saturated heterocycles. The van der Waals surface area contributed by atoms with Crippen LogP contribution in [0, 0.1) is 0 Å². The third kappa shape index (κ3) is 2.33. The summed E-state index contributed by atoms with van der Waals surface area (Å²) in [5, 5.41) is 4.22. The van der Waals surface area contributed by atoms with Crippen LogP contribution in [0.3, 0.4) is 0 Å². The van der Waals surface area contributed by atoms with E-state index < -0.39 is 0 Å². The van der Waals surface area contributed by atoms with Crippen LogP contribution in [0.25, 0.3) is 5.52 Å². The van der Waals surface area contributed by atoms with Gasteiger partial charge >= 0.3 is 0 Å². The summed E-state index contributed by atoms with van der Waals surface area (Å²) in [6.45, 7) is 1.53. The van der Waals surface area contributed by atoms with Crippen molar-refractivity contribution in [3.05, 3.63) is 36.2 Å². The molecular weight excluding hydrogens is 240 g/mol. The van der Waals surface area contributed by atoms with Crippen molar-refractivity contribution in [1.29, 1.82) is 0 Å². The van der Waals surface area contributed by atoms with Gasteiger partial charge in [0.05, 0.1) is 17.3 Å². The Bertz CT molecular complexity index is 592. The molecule has 5 heteroatoms. The summed E-state index contributed by atoms with van der Waals surface area (Å²) < 4.78 is 1.73. The fraction of sp³-hybridized carbons (Fsp3) is 0.429. The number of fused-ring (bicyclic) bond motifs is 1. The van der Waals surface area contributed by atoms with Gasteiger partial charge in [-0.25, -0.2) is 4.52 Å². The molecule has 0 aromatic carbocycles. The number of pyridine rings is 1. The lowest BCUT2D eigenvalue weighted by Gasteiger charge is -2.19. The van der Waals surface area contributed by atoms with E-state index in [0.29, 0.717) is 5.56 Å². The third-order valence-corrected chi connectivity index (χ3v) is 3.72. The van der Waals surface area contributed by atoms with Crippen molar-refractivity contribution in [2.24, 2.45) is 5.73 Å². The SMILES string of the molecule is N[C@H]1CCCN(C(=O)c2cnn3ccccc23)CC1. The van der Waals surface area contributed by atoms with Gasteiger partial charge in [-0.3, -0.25) is 4.79 Å². The Labute approximate surface area is 112 Å². The molecule has 0 spiro atoms. The molecule has 3 rings (SSSR count). The normalized spacial score (nSPS) is 20.5. The van der Waals surface area contributed by atoms with Crippen molar-refractivity contribution in [2.45, 2.75) is 25.3 Å². The van der Waals surface area contributed by atoms with E-state index in [9.17, 15) is 4.79 Å². The van der Waals surface area contributed by atoms with Gasteiger partial charge in [-0.2, -0.15) is 5.10 Å². The average Bonchev–Trinajstić information content (AvgIpc) is 2.74. The number of likely N-dealkylation sites (tertiary alicyclic amines) is 1. The number of aromatic nitrogens is 2. The molecule has 0 unspecified atom stereocenters. The molecule has 1 fully saturated rings. The lowest BCUT2D eigenvalue weighted by atomic mass is 10.1. The summed E-state index contributed by atoms with van der Waals surface area (Å²) in [4.78, 5) is 14.5. The molecule has 5 nitrogen and oxygen atoms in total. The van der Waals surface area contributed by atoms with E-state index in [1.165, 1.54) is 0 Å². The van der Waals surface area contributed by atoms with Crippen molar-refractivity contribution in [3.63, 3.8) is 0 Å². The van der Waals surface area contributed by atoms with Gasteiger partial charge in [0.2, 0.25) is 0 Å². The summed E-state index contributed by atoms with van der Waals surface area (Å²) in [5.41, 5.74) is 7.49. The number of carbonyl (C=O) groups is 1. The average molecular weight is 258 g/mol. The molecule has 1 aliphatic heterocycles. The molecule has 0 radical (unpaired) electrons. The highest BCUT2D eigenvalue weighted by Gasteiger charge is 2.22. The van der Waals surface area contributed by atoms with Gasteiger partial charge in [-0.15, -0.1) is 0 Å². The van der Waals surface area contributed by atoms with Crippen LogP contribution in [-0.2, 0) is 0 Å². The van der Waals surface area contributed by atoms with Gasteiger partial charge < -0.3 is 10.6 Å². The minimum absolute atomic E-state index is 0.0651. The van der Waals surface area contributed by atoms with Crippen LogP contribution in [0.15, 0.2) is 30.6 Å². The molecule has 1 atom stereocenters. The second-order valence-corrected chi connectivity index (χ2v) is 5.07. The molecule has 0 bridgehead atoms. The molecule has 1 amide bonds. The van der Waals surface area contributed by atoms with E-state index in [2.05, 4.69) is 5.10 Å². The number of rotatable bonds is 1. The highest BCUT2D eigenvalue weighted by atomic mass is 16.2. The van der Waals surface area contributed by atoms with Crippen molar-refractivity contribution in [1.82, 2.24) is 14.5 Å². The zero-order chi connectivity index (χ0) is 13.2. The molecule has 2 N–H and O–H groups in total. The van der Waals surface area contributed by atoms with E-state index in [1.54, 1.807) is 10.7 Å². The minimum atomic E-state index is 0.0651. The van der Waals surface area contributed by atoms with Crippen LogP contribution in [0.5, 0.6) is 0 Å². The van der Waals surface area contributed by atoms with Crippen LogP contribution in [0.2, 0.25) is 0 Å². The predicted octanol–water partition coefficient (Wildman–Crippen LogP) is 1.29. The fourth-order valence-electron chi connectivity index (χ4n) is 2.59. The van der Waals surface area contributed by atoms with Crippen LogP contribution in [0.4, 0.5) is 0 Å². The van der Waals surface area contributed by atoms with Crippen LogP contribution >= 0.6 is 0 Å². The summed E-state index contributed by atoms with van der Waals surface area (Å²) in [6, 6.07) is 5.97. The molecule has 100 valence electrons. The van der Waals surface area contributed by atoms with Crippen molar-refractivity contribution in [2.75, 3.05) is 13.1 Å². The lowest BCUT2D eigenvalue weighted by molar-refractivity contribution is 0.0763. The van der Waals surface area contributed by atoms with Crippen molar-refractivity contribution >= 4 is 11.4 Å². The van der Waals surface area contributed by atoms with Gasteiger partial charge in [-0.1, -0.05) is 6.07 Å². The lowest BCUT2D eigenvalue weighted by Crippen LogP contribution is -2.32. The minimum Gasteiger partial charge on any atom is -0.338 e. The zero-order valence-electron chi connectivity index (χ0n) is 10.8. The maximum atomic E-state index is 12.6. The first kappa shape index (κ1) is 12.2. The number of hydrogen-bond acceptors (Lipinski definition) is 3. The first-order valence-electron chi connectivity index (χ1n) is 6.73. The molecule has 1 aliphatic rings. The van der Waals surface area contributed by atoms with Crippen LogP contribution in [-0.4, -0.2) is 39.6 Å². The summed E-state index contributed by atoms with van der Waals surface area (Å²) in [5.74, 6) is 0.0651. The molecule has 2 aromatic heterocycles. The van der Waals surface area contributed by atoms with Crippen LogP contribution < -0.4 is 5.73 Å². The summed E-state index contributed by atoms with van der Waals surface area (Å²) in [6.07, 6.45) is 6.36. The Balaban J connectivity index is 1.87. The van der Waals surface area contributed by atoms with Crippen LogP contribution in [0.1, 0.15) is 29.6 Å². The first-order chi connectivity index (χ1) is 9.25. The summed E-state index contributed by atoms with van der Waals surface area (Å²) in [7, 11) is 0. The maximum Gasteiger partial charge on any atom is 0.257 e. The Morgan fingerprint density at radius 1 is 1.32 bits per heavy atom. The van der Waals surface area contributed by atoms with Crippen molar-refractivity contribution < 1.29 is 4.79 Å². The zero-order valence-corrected chi connectivity index (χ0v) is 10.8. The maximum absolute atomic E-state index is 12.6. The number of amides is 1. The molecule has 0 saturated carbocycles. The number of nitrogens with two attached hydrogens (primary N) is 1. The molecule has 3 heterocycles. The van der Waals surface area contributed by atoms with Gasteiger partial charge in [0.15, 0.2) is 0 Å². The highest BCUT2D eigenvalue weighted by molar-refractivity contribution is 6.00. The second-order valence-electron chi connectivity index (χ2n) is 5.07. The number of hydrogen-bond donors (Lipinski definition) is 1. The quantitative estimate of drug-likeness (QED) is 0.838. The van der Waals surface area contributed by atoms with Gasteiger partial charge in [0.25, 0.3) is 5.91 Å².